The summed E-state index contributed by atoms with van der Waals surface area (Å²) in [6.45, 7) is 4.57. The molecule has 2 aliphatic rings. The van der Waals surface area contributed by atoms with Gasteiger partial charge >= 0.3 is 0 Å². The topological polar surface area (TPSA) is 84.5 Å². The number of carbonyl (C=O) groups excluding carboxylic acids is 2. The van der Waals surface area contributed by atoms with Crippen LogP contribution in [0.2, 0.25) is 0 Å². The first-order chi connectivity index (χ1) is 16.0. The Bertz CT molecular complexity index is 1420. The molecule has 0 bridgehead atoms. The zero-order valence-electron chi connectivity index (χ0n) is 18.6. The van der Waals surface area contributed by atoms with Crippen molar-refractivity contribution in [3.63, 3.8) is 0 Å². The molecule has 8 nitrogen and oxygen atoms in total. The second-order valence-electron chi connectivity index (χ2n) is 8.89. The largest absolute Gasteiger partial charge is 0.372 e. The molecule has 1 spiro atoms. The van der Waals surface area contributed by atoms with E-state index in [2.05, 4.69) is 50.4 Å². The molecule has 0 aliphatic carbocycles. The summed E-state index contributed by atoms with van der Waals surface area (Å²) >= 11 is 0. The highest BCUT2D eigenvalue weighted by atomic mass is 16.2. The SMILES string of the molecule is CC(=O)c1cnc2cc(C(=O)N3CCC4(CC3)Nc3ccccc3-n3cccc34)nn2c1C. The van der Waals surface area contributed by atoms with Gasteiger partial charge in [0.05, 0.1) is 28.2 Å². The van der Waals surface area contributed by atoms with Gasteiger partial charge in [0.1, 0.15) is 0 Å². The molecule has 0 radical (unpaired) electrons. The van der Waals surface area contributed by atoms with Gasteiger partial charge in [-0.3, -0.25) is 9.59 Å². The lowest BCUT2D eigenvalue weighted by molar-refractivity contribution is 0.0670. The highest BCUT2D eigenvalue weighted by Gasteiger charge is 2.42. The van der Waals surface area contributed by atoms with Gasteiger partial charge in [-0.1, -0.05) is 12.1 Å². The highest BCUT2D eigenvalue weighted by Crippen LogP contribution is 2.43. The summed E-state index contributed by atoms with van der Waals surface area (Å²) in [5, 5.41) is 8.26. The molecule has 8 heteroatoms. The molecule has 166 valence electrons. The first-order valence-electron chi connectivity index (χ1n) is 11.2. The number of rotatable bonds is 2. The number of nitrogens with one attached hydrogen (secondary N) is 1. The third kappa shape index (κ3) is 2.90. The maximum absolute atomic E-state index is 13.3. The van der Waals surface area contributed by atoms with Gasteiger partial charge in [0.2, 0.25) is 0 Å². The van der Waals surface area contributed by atoms with Crippen LogP contribution in [0.15, 0.2) is 54.9 Å². The van der Waals surface area contributed by atoms with Crippen molar-refractivity contribution in [2.24, 2.45) is 0 Å². The Hall–Kier alpha value is -3.94. The van der Waals surface area contributed by atoms with Crippen molar-refractivity contribution in [2.45, 2.75) is 32.2 Å². The van der Waals surface area contributed by atoms with E-state index in [1.165, 1.54) is 12.6 Å². The fraction of sp³-hybridized carbons (Fsp3) is 0.280. The number of hydrogen-bond acceptors (Lipinski definition) is 5. The smallest absolute Gasteiger partial charge is 0.274 e. The standard InChI is InChI=1S/C25H24N6O2/c1-16-18(17(2)32)15-26-23-14-20(28-31(16)23)24(33)29-12-9-25(10-13-29)22-8-5-11-30(22)21-7-4-3-6-19(21)27-25/h3-8,11,14-15,27H,9-10,12-13H2,1-2H3. The van der Waals surface area contributed by atoms with E-state index in [4.69, 9.17) is 0 Å². The van der Waals surface area contributed by atoms with Crippen LogP contribution in [0.25, 0.3) is 11.3 Å². The van der Waals surface area contributed by atoms with Gasteiger partial charge in [-0.05, 0) is 51.0 Å². The minimum atomic E-state index is -0.206. The molecule has 0 unspecified atom stereocenters. The first-order valence-corrected chi connectivity index (χ1v) is 11.2. The van der Waals surface area contributed by atoms with Crippen LogP contribution >= 0.6 is 0 Å². The minimum absolute atomic E-state index is 0.0714. The van der Waals surface area contributed by atoms with Crippen LogP contribution in [-0.2, 0) is 5.54 Å². The predicted molar refractivity (Wildman–Crippen MR) is 124 cm³/mol. The van der Waals surface area contributed by atoms with E-state index in [1.807, 2.05) is 24.0 Å². The van der Waals surface area contributed by atoms with E-state index in [-0.39, 0.29) is 17.2 Å². The van der Waals surface area contributed by atoms with Gasteiger partial charge < -0.3 is 14.8 Å². The van der Waals surface area contributed by atoms with Crippen molar-refractivity contribution < 1.29 is 9.59 Å². The molecule has 1 N–H and O–H groups in total. The average molecular weight is 441 g/mol. The summed E-state index contributed by atoms with van der Waals surface area (Å²) < 4.78 is 3.84. The summed E-state index contributed by atoms with van der Waals surface area (Å²) in [6, 6.07) is 14.3. The Balaban J connectivity index is 1.26. The predicted octanol–water partition coefficient (Wildman–Crippen LogP) is 3.59. The Morgan fingerprint density at radius 3 is 2.67 bits per heavy atom. The third-order valence-corrected chi connectivity index (χ3v) is 7.00. The van der Waals surface area contributed by atoms with Crippen molar-refractivity contribution in [1.29, 1.82) is 0 Å². The number of nitrogens with zero attached hydrogens (tertiary/aromatic N) is 5. The lowest BCUT2D eigenvalue weighted by atomic mass is 9.82. The normalized spacial score (nSPS) is 16.4. The Kier molecular flexibility index (Phi) is 4.20. The average Bonchev–Trinajstić information content (AvgIpc) is 3.48. The molecule has 5 heterocycles. The number of piperidine rings is 1. The van der Waals surface area contributed by atoms with E-state index in [0.29, 0.717) is 35.7 Å². The quantitative estimate of drug-likeness (QED) is 0.482. The van der Waals surface area contributed by atoms with Crippen LogP contribution in [0.3, 0.4) is 0 Å². The number of anilines is 1. The summed E-state index contributed by atoms with van der Waals surface area (Å²) in [5.74, 6) is -0.177. The number of aryl methyl sites for hydroxylation is 1. The van der Waals surface area contributed by atoms with Crippen LogP contribution in [0.4, 0.5) is 5.69 Å². The van der Waals surface area contributed by atoms with E-state index in [9.17, 15) is 9.59 Å². The molecule has 1 aromatic carbocycles. The molecular weight excluding hydrogens is 416 g/mol. The molecule has 1 fully saturated rings. The summed E-state index contributed by atoms with van der Waals surface area (Å²) in [4.78, 5) is 31.3. The van der Waals surface area contributed by atoms with Gasteiger partial charge in [0, 0.05) is 37.2 Å². The van der Waals surface area contributed by atoms with E-state index >= 15 is 0 Å². The summed E-state index contributed by atoms with van der Waals surface area (Å²) in [6.07, 6.45) is 5.26. The van der Waals surface area contributed by atoms with Crippen LogP contribution in [0, 0.1) is 6.92 Å². The molecule has 4 aromatic rings. The third-order valence-electron chi connectivity index (χ3n) is 7.00. The molecule has 3 aromatic heterocycles. The van der Waals surface area contributed by atoms with Crippen LogP contribution in [0.1, 0.15) is 52.0 Å². The van der Waals surface area contributed by atoms with Crippen molar-refractivity contribution in [2.75, 3.05) is 18.4 Å². The number of Topliss-reactive ketones (excluding diaryl/α,β-unsaturated/α-hetero) is 1. The van der Waals surface area contributed by atoms with Crippen LogP contribution < -0.4 is 5.32 Å². The molecule has 0 atom stereocenters. The molecular formula is C25H24N6O2. The lowest BCUT2D eigenvalue weighted by Crippen LogP contribution is -2.51. The Morgan fingerprint density at radius 2 is 1.88 bits per heavy atom. The van der Waals surface area contributed by atoms with Crippen molar-refractivity contribution in [1.82, 2.24) is 24.1 Å². The van der Waals surface area contributed by atoms with Crippen molar-refractivity contribution in [3.8, 4) is 5.69 Å². The van der Waals surface area contributed by atoms with E-state index < -0.39 is 0 Å². The number of fused-ring (bicyclic) bond motifs is 5. The second kappa shape index (κ2) is 7.03. The zero-order valence-corrected chi connectivity index (χ0v) is 18.6. The minimum Gasteiger partial charge on any atom is -0.372 e. The van der Waals surface area contributed by atoms with Crippen LogP contribution in [0.5, 0.6) is 0 Å². The number of carbonyl (C=O) groups is 2. The second-order valence-corrected chi connectivity index (χ2v) is 8.89. The van der Waals surface area contributed by atoms with Gasteiger partial charge in [0.25, 0.3) is 5.91 Å². The first kappa shape index (κ1) is 19.7. The number of hydrogen-bond donors (Lipinski definition) is 1. The molecule has 33 heavy (non-hydrogen) atoms. The van der Waals surface area contributed by atoms with Gasteiger partial charge in [-0.15, -0.1) is 0 Å². The van der Waals surface area contributed by atoms with Crippen molar-refractivity contribution >= 4 is 23.0 Å². The number of benzene rings is 1. The number of aromatic nitrogens is 4. The molecule has 1 saturated heterocycles. The molecule has 2 aliphatic heterocycles. The van der Waals surface area contributed by atoms with Gasteiger partial charge in [-0.25, -0.2) is 9.50 Å². The van der Waals surface area contributed by atoms with E-state index in [1.54, 1.807) is 16.8 Å². The monoisotopic (exact) mass is 440 g/mol. The number of amides is 1. The summed E-state index contributed by atoms with van der Waals surface area (Å²) in [7, 11) is 0. The Morgan fingerprint density at radius 1 is 1.09 bits per heavy atom. The Labute approximate surface area is 190 Å². The highest BCUT2D eigenvalue weighted by molar-refractivity contribution is 5.96. The number of ketones is 1. The maximum Gasteiger partial charge on any atom is 0.274 e. The van der Waals surface area contributed by atoms with E-state index in [0.717, 1.165) is 24.2 Å². The van der Waals surface area contributed by atoms with Gasteiger partial charge in [0.15, 0.2) is 17.1 Å². The fourth-order valence-electron chi connectivity index (χ4n) is 5.23. The molecule has 0 saturated carbocycles. The number of para-hydroxylation sites is 2. The molecule has 6 rings (SSSR count). The van der Waals surface area contributed by atoms with Crippen molar-refractivity contribution in [3.05, 3.63) is 77.5 Å². The summed E-state index contributed by atoms with van der Waals surface area (Å²) in [5.41, 5.74) is 5.42. The molecule has 1 amide bonds. The maximum atomic E-state index is 13.3. The lowest BCUT2D eigenvalue weighted by Gasteiger charge is -2.46. The zero-order chi connectivity index (χ0) is 22.7. The number of likely N-dealkylation sites (tertiary alicyclic amines) is 1. The van der Waals surface area contributed by atoms with Gasteiger partial charge in [-0.2, -0.15) is 5.10 Å². The van der Waals surface area contributed by atoms with Crippen LogP contribution in [-0.4, -0.2) is 48.8 Å². The fourth-order valence-corrected chi connectivity index (χ4v) is 5.23.